The summed E-state index contributed by atoms with van der Waals surface area (Å²) in [6.07, 6.45) is 2.96. The van der Waals surface area contributed by atoms with Gasteiger partial charge >= 0.3 is 0 Å². The van der Waals surface area contributed by atoms with E-state index in [0.29, 0.717) is 31.9 Å². The quantitative estimate of drug-likeness (QED) is 0.234. The molecular formula is C39H38N2O6. The van der Waals surface area contributed by atoms with E-state index in [1.165, 1.54) is 33.4 Å². The highest BCUT2D eigenvalue weighted by molar-refractivity contribution is 5.92. The SMILES string of the molecule is O=C(C1=C[C@@H](c2ccc3c(c2)Cc2ccccc2-3)C[C@@H](OCc2ccc(CO)cc2)O1)N1CCN(Cc2ccc3c(c2)OCO3)CC1. The van der Waals surface area contributed by atoms with Crippen LogP contribution in [0.2, 0.25) is 0 Å². The Morgan fingerprint density at radius 3 is 2.43 bits per heavy atom. The Bertz CT molecular complexity index is 1810. The van der Waals surface area contributed by atoms with Crippen LogP contribution in [-0.2, 0) is 40.4 Å². The summed E-state index contributed by atoms with van der Waals surface area (Å²) in [5.41, 5.74) is 9.43. The molecule has 8 heteroatoms. The Kier molecular flexibility index (Phi) is 8.15. The first-order valence-electron chi connectivity index (χ1n) is 16.4. The third-order valence-electron chi connectivity index (χ3n) is 9.66. The maximum Gasteiger partial charge on any atom is 0.288 e. The van der Waals surface area contributed by atoms with E-state index >= 15 is 0 Å². The number of amides is 1. The largest absolute Gasteiger partial charge is 0.459 e. The van der Waals surface area contributed by atoms with Crippen molar-refractivity contribution in [3.63, 3.8) is 0 Å². The third kappa shape index (κ3) is 6.24. The van der Waals surface area contributed by atoms with Crippen LogP contribution in [0.3, 0.4) is 0 Å². The van der Waals surface area contributed by atoms with Crippen molar-refractivity contribution in [3.8, 4) is 22.6 Å². The minimum atomic E-state index is -0.570. The van der Waals surface area contributed by atoms with Gasteiger partial charge in [0, 0.05) is 45.1 Å². The van der Waals surface area contributed by atoms with E-state index in [-0.39, 0.29) is 25.2 Å². The van der Waals surface area contributed by atoms with Gasteiger partial charge in [0.25, 0.3) is 5.91 Å². The van der Waals surface area contributed by atoms with Gasteiger partial charge in [0.05, 0.1) is 13.2 Å². The lowest BCUT2D eigenvalue weighted by Crippen LogP contribution is -2.49. The van der Waals surface area contributed by atoms with Crippen LogP contribution in [0, 0.1) is 0 Å². The first-order chi connectivity index (χ1) is 23.1. The number of rotatable bonds is 8. The Morgan fingerprint density at radius 1 is 0.809 bits per heavy atom. The fourth-order valence-corrected chi connectivity index (χ4v) is 7.03. The Balaban J connectivity index is 0.975. The van der Waals surface area contributed by atoms with Gasteiger partial charge < -0.3 is 29.0 Å². The zero-order valence-corrected chi connectivity index (χ0v) is 26.3. The Hall–Kier alpha value is -4.63. The highest BCUT2D eigenvalue weighted by Crippen LogP contribution is 2.40. The van der Waals surface area contributed by atoms with Gasteiger partial charge in [-0.15, -0.1) is 0 Å². The molecule has 0 radical (unpaired) electrons. The van der Waals surface area contributed by atoms with Crippen LogP contribution >= 0.6 is 0 Å². The number of ether oxygens (including phenoxy) is 4. The number of allylic oxidation sites excluding steroid dienone is 1. The smallest absolute Gasteiger partial charge is 0.288 e. The first-order valence-corrected chi connectivity index (χ1v) is 16.4. The Labute approximate surface area is 274 Å². The number of carbonyl (C=O) groups is 1. The van der Waals surface area contributed by atoms with E-state index in [2.05, 4.69) is 53.4 Å². The number of benzene rings is 4. The van der Waals surface area contributed by atoms with Gasteiger partial charge in [0.15, 0.2) is 17.3 Å². The minimum absolute atomic E-state index is 0.00333. The highest BCUT2D eigenvalue weighted by atomic mass is 16.7. The topological polar surface area (TPSA) is 80.7 Å². The van der Waals surface area contributed by atoms with Gasteiger partial charge in [-0.3, -0.25) is 9.69 Å². The fourth-order valence-electron chi connectivity index (χ4n) is 7.03. The molecule has 4 aromatic carbocycles. The molecule has 4 aliphatic rings. The van der Waals surface area contributed by atoms with Crippen LogP contribution in [0.4, 0.5) is 0 Å². The summed E-state index contributed by atoms with van der Waals surface area (Å²) < 4.78 is 23.6. The second-order valence-electron chi connectivity index (χ2n) is 12.7. The number of aliphatic hydroxyl groups excluding tert-OH is 1. The van der Waals surface area contributed by atoms with Gasteiger partial charge in [-0.05, 0) is 69.1 Å². The molecule has 4 aromatic rings. The number of hydrogen-bond donors (Lipinski definition) is 1. The molecule has 2 atom stereocenters. The average molecular weight is 631 g/mol. The van der Waals surface area contributed by atoms with Crippen LogP contribution in [0.25, 0.3) is 11.1 Å². The van der Waals surface area contributed by atoms with Crippen molar-refractivity contribution in [3.05, 3.63) is 130 Å². The van der Waals surface area contributed by atoms with Gasteiger partial charge in [-0.2, -0.15) is 0 Å². The number of carbonyl (C=O) groups excluding carboxylic acids is 1. The second-order valence-corrected chi connectivity index (χ2v) is 12.7. The van der Waals surface area contributed by atoms with Crippen molar-refractivity contribution < 1.29 is 28.8 Å². The predicted octanol–water partition coefficient (Wildman–Crippen LogP) is 5.75. The van der Waals surface area contributed by atoms with Crippen LogP contribution in [-0.4, -0.2) is 60.1 Å². The number of fused-ring (bicyclic) bond motifs is 4. The van der Waals surface area contributed by atoms with Crippen LogP contribution in [0.5, 0.6) is 11.5 Å². The molecule has 1 saturated heterocycles. The molecule has 0 spiro atoms. The summed E-state index contributed by atoms with van der Waals surface area (Å²) in [5.74, 6) is 1.82. The monoisotopic (exact) mass is 630 g/mol. The summed E-state index contributed by atoms with van der Waals surface area (Å²) >= 11 is 0. The summed E-state index contributed by atoms with van der Waals surface area (Å²) in [4.78, 5) is 18.2. The lowest BCUT2D eigenvalue weighted by Gasteiger charge is -2.36. The van der Waals surface area contributed by atoms with Crippen LogP contribution in [0.1, 0.15) is 45.7 Å². The zero-order chi connectivity index (χ0) is 31.7. The molecule has 0 aromatic heterocycles. The molecule has 1 amide bonds. The molecular weight excluding hydrogens is 592 g/mol. The molecule has 1 aliphatic carbocycles. The molecule has 1 fully saturated rings. The van der Waals surface area contributed by atoms with Crippen molar-refractivity contribution in [1.29, 1.82) is 0 Å². The lowest BCUT2D eigenvalue weighted by molar-refractivity contribution is -0.157. The lowest BCUT2D eigenvalue weighted by atomic mass is 9.90. The van der Waals surface area contributed by atoms with Crippen molar-refractivity contribution in [1.82, 2.24) is 9.80 Å². The van der Waals surface area contributed by atoms with E-state index in [0.717, 1.165) is 48.7 Å². The van der Waals surface area contributed by atoms with E-state index in [1.54, 1.807) is 0 Å². The maximum atomic E-state index is 14.0. The number of hydrogen-bond acceptors (Lipinski definition) is 7. The first kappa shape index (κ1) is 29.8. The molecule has 0 unspecified atom stereocenters. The maximum absolute atomic E-state index is 14.0. The van der Waals surface area contributed by atoms with Crippen LogP contribution in [0.15, 0.2) is 96.8 Å². The summed E-state index contributed by atoms with van der Waals surface area (Å²) in [6.45, 7) is 4.19. The summed E-state index contributed by atoms with van der Waals surface area (Å²) in [6, 6.07) is 29.1. The van der Waals surface area contributed by atoms with Gasteiger partial charge in [-0.1, -0.05) is 72.8 Å². The number of nitrogens with zero attached hydrogens (tertiary/aromatic N) is 2. The van der Waals surface area contributed by atoms with Crippen molar-refractivity contribution in [2.24, 2.45) is 0 Å². The van der Waals surface area contributed by atoms with Crippen LogP contribution < -0.4 is 9.47 Å². The third-order valence-corrected chi connectivity index (χ3v) is 9.66. The van der Waals surface area contributed by atoms with Gasteiger partial charge in [0.2, 0.25) is 13.1 Å². The molecule has 240 valence electrons. The number of aliphatic hydroxyl groups is 1. The van der Waals surface area contributed by atoms with E-state index < -0.39 is 6.29 Å². The molecule has 8 nitrogen and oxygen atoms in total. The second kappa shape index (κ2) is 12.9. The molecule has 47 heavy (non-hydrogen) atoms. The average Bonchev–Trinajstić information content (AvgIpc) is 3.75. The predicted molar refractivity (Wildman–Crippen MR) is 177 cm³/mol. The standard InChI is InChI=1S/C39H38N2O6/c42-23-26-5-7-27(8-6-26)24-44-38-21-31(29-10-11-34-32(18-29)19-30-3-1-2-4-33(30)34)20-37(47-38)39(43)41-15-13-40(14-16-41)22-28-9-12-35-36(17-28)46-25-45-35/h1-12,17-18,20,31,38,42H,13-16,19,21-25H2/t31-,38+/m1/s1. The molecule has 3 heterocycles. The number of piperazine rings is 1. The Morgan fingerprint density at radius 2 is 1.57 bits per heavy atom. The van der Waals surface area contributed by atoms with Gasteiger partial charge in [-0.25, -0.2) is 0 Å². The molecule has 0 bridgehead atoms. The van der Waals surface area contributed by atoms with Crippen molar-refractivity contribution in [2.45, 2.75) is 44.8 Å². The van der Waals surface area contributed by atoms with E-state index in [1.807, 2.05) is 47.4 Å². The fraction of sp³-hybridized carbons (Fsp3) is 0.308. The highest BCUT2D eigenvalue weighted by Gasteiger charge is 2.33. The molecule has 8 rings (SSSR count). The van der Waals surface area contributed by atoms with E-state index in [9.17, 15) is 9.90 Å². The minimum Gasteiger partial charge on any atom is -0.459 e. The molecule has 0 saturated carbocycles. The molecule has 1 N–H and O–H groups in total. The zero-order valence-electron chi connectivity index (χ0n) is 26.3. The van der Waals surface area contributed by atoms with Crippen molar-refractivity contribution in [2.75, 3.05) is 33.0 Å². The molecule has 3 aliphatic heterocycles. The normalized spacial score (nSPS) is 19.9. The van der Waals surface area contributed by atoms with Gasteiger partial charge in [0.1, 0.15) is 0 Å². The summed E-state index contributed by atoms with van der Waals surface area (Å²) in [7, 11) is 0. The van der Waals surface area contributed by atoms with E-state index in [4.69, 9.17) is 18.9 Å². The van der Waals surface area contributed by atoms with Crippen molar-refractivity contribution >= 4 is 5.91 Å². The summed E-state index contributed by atoms with van der Waals surface area (Å²) in [5, 5.41) is 9.40.